The lowest BCUT2D eigenvalue weighted by Gasteiger charge is -2.10. The van der Waals surface area contributed by atoms with Gasteiger partial charge in [-0.25, -0.2) is 4.39 Å². The van der Waals surface area contributed by atoms with E-state index in [-0.39, 0.29) is 11.6 Å². The van der Waals surface area contributed by atoms with E-state index in [4.69, 9.17) is 0 Å². The Bertz CT molecular complexity index is 1050. The summed E-state index contributed by atoms with van der Waals surface area (Å²) in [5.74, 6) is -0.286. The van der Waals surface area contributed by atoms with Gasteiger partial charge in [0.25, 0.3) is 0 Å². The minimum absolute atomic E-state index is 0.0132. The van der Waals surface area contributed by atoms with Gasteiger partial charge in [0, 0.05) is 11.1 Å². The molecule has 0 saturated heterocycles. The van der Waals surface area contributed by atoms with Crippen LogP contribution >= 0.6 is 0 Å². The summed E-state index contributed by atoms with van der Waals surface area (Å²) in [4.78, 5) is 13.0. The van der Waals surface area contributed by atoms with E-state index < -0.39 is 0 Å². The zero-order valence-electron chi connectivity index (χ0n) is 13.4. The first-order valence-electron chi connectivity index (χ1n) is 8.11. The van der Waals surface area contributed by atoms with Crippen molar-refractivity contribution in [1.29, 1.82) is 0 Å². The maximum absolute atomic E-state index is 13.2. The van der Waals surface area contributed by atoms with Gasteiger partial charge >= 0.3 is 0 Å². The van der Waals surface area contributed by atoms with Gasteiger partial charge in [-0.05, 0) is 46.2 Å². The molecule has 0 amide bonds. The number of carbonyl (C=O) groups excluding carboxylic acids is 1. The molecule has 2 heteroatoms. The highest BCUT2D eigenvalue weighted by Gasteiger charge is 2.14. The number of fused-ring (bicyclic) bond motifs is 1. The van der Waals surface area contributed by atoms with E-state index in [1.807, 2.05) is 66.7 Å². The molecule has 4 aromatic rings. The number of rotatable bonds is 3. The molecule has 0 unspecified atom stereocenters. The molecule has 1 nitrogen and oxygen atoms in total. The number of halogens is 1. The van der Waals surface area contributed by atoms with Crippen LogP contribution in [0.2, 0.25) is 0 Å². The van der Waals surface area contributed by atoms with Crippen molar-refractivity contribution in [3.8, 4) is 11.1 Å². The number of benzene rings is 4. The van der Waals surface area contributed by atoms with E-state index >= 15 is 0 Å². The topological polar surface area (TPSA) is 17.1 Å². The second-order valence-corrected chi connectivity index (χ2v) is 5.95. The molecule has 0 aliphatic carbocycles. The van der Waals surface area contributed by atoms with E-state index in [2.05, 4.69) is 0 Å². The van der Waals surface area contributed by atoms with E-state index in [1.165, 1.54) is 12.1 Å². The third-order valence-electron chi connectivity index (χ3n) is 4.32. The fourth-order valence-electron chi connectivity index (χ4n) is 3.05. The van der Waals surface area contributed by atoms with Gasteiger partial charge < -0.3 is 0 Å². The Labute approximate surface area is 145 Å². The summed E-state index contributed by atoms with van der Waals surface area (Å²) < 4.78 is 13.2. The van der Waals surface area contributed by atoms with Gasteiger partial charge in [0.05, 0.1) is 0 Å². The van der Waals surface area contributed by atoms with E-state index in [9.17, 15) is 9.18 Å². The third kappa shape index (κ3) is 2.94. The molecule has 0 aliphatic rings. The largest absolute Gasteiger partial charge is 0.289 e. The average Bonchev–Trinajstić information content (AvgIpc) is 2.68. The maximum atomic E-state index is 13.2. The van der Waals surface area contributed by atoms with Crippen molar-refractivity contribution in [2.75, 3.05) is 0 Å². The van der Waals surface area contributed by atoms with Crippen LogP contribution in [0.1, 0.15) is 15.9 Å². The number of ketones is 1. The van der Waals surface area contributed by atoms with Crippen LogP contribution in [0, 0.1) is 5.82 Å². The summed E-state index contributed by atoms with van der Waals surface area (Å²) >= 11 is 0. The molecule has 0 bridgehead atoms. The Morgan fingerprint density at radius 2 is 1.36 bits per heavy atom. The van der Waals surface area contributed by atoms with Gasteiger partial charge in [-0.2, -0.15) is 0 Å². The Kier molecular flexibility index (Phi) is 3.87. The minimum atomic E-state index is -0.273. The van der Waals surface area contributed by atoms with Crippen LogP contribution in [0.25, 0.3) is 21.9 Å². The molecule has 0 spiro atoms. The van der Waals surface area contributed by atoms with Gasteiger partial charge in [-0.1, -0.05) is 66.7 Å². The molecular weight excluding hydrogens is 311 g/mol. The summed E-state index contributed by atoms with van der Waals surface area (Å²) in [5.41, 5.74) is 3.10. The SMILES string of the molecule is O=C(c1ccccc1)c1cc(-c2ccc(F)cc2)cc2ccccc12. The summed E-state index contributed by atoms with van der Waals surface area (Å²) in [6.45, 7) is 0. The monoisotopic (exact) mass is 326 g/mol. The molecule has 0 fully saturated rings. The zero-order valence-corrected chi connectivity index (χ0v) is 13.4. The van der Waals surface area contributed by atoms with Crippen molar-refractivity contribution in [1.82, 2.24) is 0 Å². The molecule has 0 radical (unpaired) electrons. The fraction of sp³-hybridized carbons (Fsp3) is 0. The summed E-state index contributed by atoms with van der Waals surface area (Å²) in [6, 6.07) is 27.3. The summed E-state index contributed by atoms with van der Waals surface area (Å²) in [7, 11) is 0. The van der Waals surface area contributed by atoms with Crippen molar-refractivity contribution >= 4 is 16.6 Å². The van der Waals surface area contributed by atoms with Crippen molar-refractivity contribution in [3.05, 3.63) is 108 Å². The van der Waals surface area contributed by atoms with E-state index in [0.29, 0.717) is 11.1 Å². The maximum Gasteiger partial charge on any atom is 0.193 e. The Hall–Kier alpha value is -3.26. The highest BCUT2D eigenvalue weighted by atomic mass is 19.1. The van der Waals surface area contributed by atoms with Crippen LogP contribution in [0.15, 0.2) is 91.0 Å². The third-order valence-corrected chi connectivity index (χ3v) is 4.32. The first-order valence-corrected chi connectivity index (χ1v) is 8.11. The Balaban J connectivity index is 1.93. The van der Waals surface area contributed by atoms with Gasteiger partial charge in [0.1, 0.15) is 5.82 Å². The average molecular weight is 326 g/mol. The predicted molar refractivity (Wildman–Crippen MR) is 99.2 cm³/mol. The van der Waals surface area contributed by atoms with Crippen molar-refractivity contribution < 1.29 is 9.18 Å². The molecule has 0 saturated carbocycles. The van der Waals surface area contributed by atoms with Gasteiger partial charge in [0.15, 0.2) is 5.78 Å². The van der Waals surface area contributed by atoms with Crippen LogP contribution in [0.4, 0.5) is 4.39 Å². The van der Waals surface area contributed by atoms with Crippen LogP contribution < -0.4 is 0 Å². The molecule has 0 atom stereocenters. The molecular formula is C23H15FO. The van der Waals surface area contributed by atoms with Gasteiger partial charge in [0.2, 0.25) is 0 Å². The van der Waals surface area contributed by atoms with Crippen LogP contribution in [-0.2, 0) is 0 Å². The van der Waals surface area contributed by atoms with E-state index in [0.717, 1.165) is 21.9 Å². The number of hydrogen-bond donors (Lipinski definition) is 0. The number of carbonyl (C=O) groups is 1. The van der Waals surface area contributed by atoms with Gasteiger partial charge in [-0.3, -0.25) is 4.79 Å². The van der Waals surface area contributed by atoms with Crippen molar-refractivity contribution in [3.63, 3.8) is 0 Å². The quantitative estimate of drug-likeness (QED) is 0.430. The van der Waals surface area contributed by atoms with Crippen LogP contribution in [0.5, 0.6) is 0 Å². The molecule has 120 valence electrons. The fourth-order valence-corrected chi connectivity index (χ4v) is 3.05. The van der Waals surface area contributed by atoms with Crippen LogP contribution in [-0.4, -0.2) is 5.78 Å². The smallest absolute Gasteiger partial charge is 0.193 e. The highest BCUT2D eigenvalue weighted by molar-refractivity contribution is 6.17. The first-order chi connectivity index (χ1) is 12.2. The predicted octanol–water partition coefficient (Wildman–Crippen LogP) is 5.88. The normalized spacial score (nSPS) is 10.8. The molecule has 0 N–H and O–H groups in total. The first kappa shape index (κ1) is 15.3. The zero-order chi connectivity index (χ0) is 17.2. The minimum Gasteiger partial charge on any atom is -0.289 e. The Morgan fingerprint density at radius 3 is 2.12 bits per heavy atom. The van der Waals surface area contributed by atoms with E-state index in [1.54, 1.807) is 12.1 Å². The lowest BCUT2D eigenvalue weighted by molar-refractivity contribution is 0.104. The second kappa shape index (κ2) is 6.33. The summed E-state index contributed by atoms with van der Waals surface area (Å²) in [5, 5.41) is 1.91. The molecule has 0 aliphatic heterocycles. The highest BCUT2D eigenvalue weighted by Crippen LogP contribution is 2.29. The molecule has 25 heavy (non-hydrogen) atoms. The van der Waals surface area contributed by atoms with Crippen LogP contribution in [0.3, 0.4) is 0 Å². The lowest BCUT2D eigenvalue weighted by Crippen LogP contribution is -2.02. The standard InChI is InChI=1S/C23H15FO/c24-20-12-10-16(11-13-20)19-14-18-8-4-5-9-21(18)22(15-19)23(25)17-6-2-1-3-7-17/h1-15H. The lowest BCUT2D eigenvalue weighted by atomic mass is 9.92. The molecule has 4 aromatic carbocycles. The summed E-state index contributed by atoms with van der Waals surface area (Å²) in [6.07, 6.45) is 0. The second-order valence-electron chi connectivity index (χ2n) is 5.95. The van der Waals surface area contributed by atoms with Crippen molar-refractivity contribution in [2.24, 2.45) is 0 Å². The van der Waals surface area contributed by atoms with Gasteiger partial charge in [-0.15, -0.1) is 0 Å². The van der Waals surface area contributed by atoms with Crippen molar-refractivity contribution in [2.45, 2.75) is 0 Å². The Morgan fingerprint density at radius 1 is 0.680 bits per heavy atom. The molecule has 4 rings (SSSR count). The molecule has 0 aromatic heterocycles. The number of hydrogen-bond acceptors (Lipinski definition) is 1. The molecule has 0 heterocycles.